The molecule has 0 saturated carbocycles. The molecule has 0 aliphatic carbocycles. The maximum atomic E-state index is 13.4. The van der Waals surface area contributed by atoms with Crippen LogP contribution in [-0.2, 0) is 10.0 Å². The molecule has 8 nitrogen and oxygen atoms in total. The fourth-order valence-electron chi connectivity index (χ4n) is 4.51. The third-order valence-electron chi connectivity index (χ3n) is 6.10. The number of aromatic nitrogens is 2. The van der Waals surface area contributed by atoms with E-state index >= 15 is 0 Å². The lowest BCUT2D eigenvalue weighted by molar-refractivity contribution is 0.383. The minimum absolute atomic E-state index is 0.391. The molecule has 0 unspecified atom stereocenters. The van der Waals surface area contributed by atoms with E-state index in [1.54, 1.807) is 18.5 Å². The zero-order valence-corrected chi connectivity index (χ0v) is 21.0. The molecule has 180 valence electrons. The van der Waals surface area contributed by atoms with Crippen LogP contribution in [0.25, 0.3) is 11.3 Å². The standard InChI is InChI=1S/C25H30N4O4S/c1-17-14-18(2)25(19(3)15-17)34(30,31)29-12-10-28(11-13-29)24-9-7-22(26-27-24)21-16-20(32-4)6-8-23(21)33-5/h6-9,14-16H,10-13H2,1-5H3. The van der Waals surface area contributed by atoms with Crippen molar-refractivity contribution in [3.63, 3.8) is 0 Å². The number of aryl methyl sites for hydroxylation is 3. The molecule has 0 atom stereocenters. The highest BCUT2D eigenvalue weighted by atomic mass is 32.2. The first-order chi connectivity index (χ1) is 16.2. The zero-order valence-electron chi connectivity index (χ0n) is 20.2. The van der Waals surface area contributed by atoms with Crippen molar-refractivity contribution in [1.29, 1.82) is 0 Å². The van der Waals surface area contributed by atoms with Gasteiger partial charge in [-0.15, -0.1) is 10.2 Å². The van der Waals surface area contributed by atoms with Crippen molar-refractivity contribution in [1.82, 2.24) is 14.5 Å². The number of methoxy groups -OCH3 is 2. The van der Waals surface area contributed by atoms with Gasteiger partial charge in [0.05, 0.1) is 24.8 Å². The van der Waals surface area contributed by atoms with E-state index in [4.69, 9.17) is 9.47 Å². The molecule has 1 aliphatic rings. The molecule has 0 N–H and O–H groups in total. The molecule has 4 rings (SSSR count). The second kappa shape index (κ2) is 9.60. The van der Waals surface area contributed by atoms with Crippen molar-refractivity contribution in [3.8, 4) is 22.8 Å². The summed E-state index contributed by atoms with van der Waals surface area (Å²) in [6, 6.07) is 13.2. The third kappa shape index (κ3) is 4.58. The fourth-order valence-corrected chi connectivity index (χ4v) is 6.35. The molecular weight excluding hydrogens is 452 g/mol. The number of benzene rings is 2. The highest BCUT2D eigenvalue weighted by molar-refractivity contribution is 7.89. The van der Waals surface area contributed by atoms with Gasteiger partial charge in [0.15, 0.2) is 5.82 Å². The fraction of sp³-hybridized carbons (Fsp3) is 0.360. The van der Waals surface area contributed by atoms with Gasteiger partial charge in [-0.05, 0) is 62.2 Å². The van der Waals surface area contributed by atoms with Gasteiger partial charge >= 0.3 is 0 Å². The van der Waals surface area contributed by atoms with E-state index in [0.29, 0.717) is 54.1 Å². The molecule has 0 radical (unpaired) electrons. The Balaban J connectivity index is 1.49. The van der Waals surface area contributed by atoms with Crippen molar-refractivity contribution in [2.45, 2.75) is 25.7 Å². The van der Waals surface area contributed by atoms with Crippen molar-refractivity contribution in [2.24, 2.45) is 0 Å². The molecule has 1 saturated heterocycles. The lowest BCUT2D eigenvalue weighted by Crippen LogP contribution is -2.49. The Hall–Kier alpha value is -3.17. The van der Waals surface area contributed by atoms with Gasteiger partial charge < -0.3 is 14.4 Å². The molecular formula is C25H30N4O4S. The van der Waals surface area contributed by atoms with Crippen LogP contribution >= 0.6 is 0 Å². The number of piperazine rings is 1. The Morgan fingerprint density at radius 1 is 0.824 bits per heavy atom. The third-order valence-corrected chi connectivity index (χ3v) is 8.30. The maximum Gasteiger partial charge on any atom is 0.243 e. The van der Waals surface area contributed by atoms with Crippen molar-refractivity contribution in [2.75, 3.05) is 45.3 Å². The maximum absolute atomic E-state index is 13.4. The Kier molecular flexibility index (Phi) is 6.77. The van der Waals surface area contributed by atoms with E-state index in [1.165, 1.54) is 0 Å². The first-order valence-corrected chi connectivity index (χ1v) is 12.6. The van der Waals surface area contributed by atoms with E-state index in [1.807, 2.05) is 63.2 Å². The zero-order chi connectivity index (χ0) is 24.5. The lowest BCUT2D eigenvalue weighted by atomic mass is 10.1. The van der Waals surface area contributed by atoms with Gasteiger partial charge in [-0.2, -0.15) is 4.31 Å². The second-order valence-corrected chi connectivity index (χ2v) is 10.3. The van der Waals surface area contributed by atoms with Gasteiger partial charge in [0.1, 0.15) is 11.5 Å². The molecule has 34 heavy (non-hydrogen) atoms. The highest BCUT2D eigenvalue weighted by Crippen LogP contribution is 2.32. The van der Waals surface area contributed by atoms with E-state index in [0.717, 1.165) is 22.3 Å². The number of anilines is 1. The van der Waals surface area contributed by atoms with E-state index in [9.17, 15) is 8.42 Å². The topological polar surface area (TPSA) is 84.9 Å². The smallest absolute Gasteiger partial charge is 0.243 e. The summed E-state index contributed by atoms with van der Waals surface area (Å²) >= 11 is 0. The Labute approximate surface area is 201 Å². The van der Waals surface area contributed by atoms with Gasteiger partial charge in [0.25, 0.3) is 0 Å². The molecule has 0 bridgehead atoms. The minimum atomic E-state index is -3.56. The SMILES string of the molecule is COc1ccc(OC)c(-c2ccc(N3CCN(S(=O)(=O)c4c(C)cc(C)cc4C)CC3)nn2)c1. The number of nitrogens with zero attached hydrogens (tertiary/aromatic N) is 4. The van der Waals surface area contributed by atoms with Gasteiger partial charge in [-0.3, -0.25) is 0 Å². The molecule has 1 fully saturated rings. The highest BCUT2D eigenvalue weighted by Gasteiger charge is 2.31. The normalized spacial score (nSPS) is 14.8. The summed E-state index contributed by atoms with van der Waals surface area (Å²) < 4.78 is 39.0. The summed E-state index contributed by atoms with van der Waals surface area (Å²) in [7, 11) is -0.334. The van der Waals surface area contributed by atoms with Gasteiger partial charge in [-0.25, -0.2) is 8.42 Å². The van der Waals surface area contributed by atoms with Crippen LogP contribution in [0.1, 0.15) is 16.7 Å². The molecule has 0 spiro atoms. The summed E-state index contributed by atoms with van der Waals surface area (Å²) in [5.41, 5.74) is 4.10. The number of sulfonamides is 1. The van der Waals surface area contributed by atoms with E-state index in [-0.39, 0.29) is 0 Å². The molecule has 3 aromatic rings. The van der Waals surface area contributed by atoms with Crippen LogP contribution in [0.2, 0.25) is 0 Å². The van der Waals surface area contributed by atoms with Crippen LogP contribution < -0.4 is 14.4 Å². The monoisotopic (exact) mass is 482 g/mol. The van der Waals surface area contributed by atoms with Crippen LogP contribution in [0.4, 0.5) is 5.82 Å². The van der Waals surface area contributed by atoms with Gasteiger partial charge in [0, 0.05) is 31.7 Å². The van der Waals surface area contributed by atoms with Gasteiger partial charge in [0.2, 0.25) is 10.0 Å². The van der Waals surface area contributed by atoms with Gasteiger partial charge in [-0.1, -0.05) is 17.7 Å². The van der Waals surface area contributed by atoms with Crippen molar-refractivity contribution < 1.29 is 17.9 Å². The second-order valence-electron chi connectivity index (χ2n) is 8.46. The molecule has 0 amide bonds. The predicted octanol–water partition coefficient (Wildman–Crippen LogP) is 3.60. The average molecular weight is 483 g/mol. The predicted molar refractivity (Wildman–Crippen MR) is 132 cm³/mol. The van der Waals surface area contributed by atoms with E-state index < -0.39 is 10.0 Å². The largest absolute Gasteiger partial charge is 0.497 e. The summed E-state index contributed by atoms with van der Waals surface area (Å²) in [5, 5.41) is 8.80. The molecule has 1 aliphatic heterocycles. The first-order valence-electron chi connectivity index (χ1n) is 11.1. The summed E-state index contributed by atoms with van der Waals surface area (Å²) in [5.74, 6) is 2.10. The summed E-state index contributed by atoms with van der Waals surface area (Å²) in [6.45, 7) is 7.56. The number of rotatable bonds is 6. The van der Waals surface area contributed by atoms with Crippen molar-refractivity contribution >= 4 is 15.8 Å². The quantitative estimate of drug-likeness (QED) is 0.531. The Morgan fingerprint density at radius 3 is 2.06 bits per heavy atom. The van der Waals surface area contributed by atoms with Crippen LogP contribution in [0, 0.1) is 20.8 Å². The average Bonchev–Trinajstić information content (AvgIpc) is 2.83. The minimum Gasteiger partial charge on any atom is -0.497 e. The Morgan fingerprint density at radius 2 is 1.50 bits per heavy atom. The molecule has 1 aromatic heterocycles. The Bertz CT molecular complexity index is 1260. The molecule has 2 heterocycles. The first kappa shape index (κ1) is 24.0. The van der Waals surface area contributed by atoms with E-state index in [2.05, 4.69) is 15.1 Å². The number of ether oxygens (including phenoxy) is 2. The number of hydrogen-bond donors (Lipinski definition) is 0. The molecule has 9 heteroatoms. The van der Waals surface area contributed by atoms with Crippen LogP contribution in [-0.4, -0.2) is 63.3 Å². The van der Waals surface area contributed by atoms with Crippen molar-refractivity contribution in [3.05, 3.63) is 59.2 Å². The molecule has 2 aromatic carbocycles. The number of hydrogen-bond acceptors (Lipinski definition) is 7. The lowest BCUT2D eigenvalue weighted by Gasteiger charge is -2.35. The summed E-state index contributed by atoms with van der Waals surface area (Å²) in [4.78, 5) is 2.48. The van der Waals surface area contributed by atoms with Crippen LogP contribution in [0.5, 0.6) is 11.5 Å². The van der Waals surface area contributed by atoms with Crippen LogP contribution in [0.15, 0.2) is 47.4 Å². The van der Waals surface area contributed by atoms with Crippen LogP contribution in [0.3, 0.4) is 0 Å². The summed E-state index contributed by atoms with van der Waals surface area (Å²) in [6.07, 6.45) is 0.